The zero-order chi connectivity index (χ0) is 15.8. The molecule has 1 saturated heterocycles. The van der Waals surface area contributed by atoms with Gasteiger partial charge in [-0.15, -0.1) is 12.4 Å². The van der Waals surface area contributed by atoms with Crippen LogP contribution in [0.1, 0.15) is 13.3 Å². The minimum atomic E-state index is -4.72. The lowest BCUT2D eigenvalue weighted by Crippen LogP contribution is -2.50. The van der Waals surface area contributed by atoms with Gasteiger partial charge in [0, 0.05) is 18.7 Å². The predicted octanol–water partition coefficient (Wildman–Crippen LogP) is 1.94. The normalized spacial score (nSPS) is 22.2. The summed E-state index contributed by atoms with van der Waals surface area (Å²) in [5, 5.41) is 2.93. The van der Waals surface area contributed by atoms with Gasteiger partial charge < -0.3 is 5.32 Å². The summed E-state index contributed by atoms with van der Waals surface area (Å²) in [5.41, 5.74) is 0. The molecule has 1 fully saturated rings. The molecule has 126 valence electrons. The van der Waals surface area contributed by atoms with E-state index in [0.29, 0.717) is 13.0 Å². The molecule has 2 atom stereocenters. The van der Waals surface area contributed by atoms with Crippen molar-refractivity contribution in [3.63, 3.8) is 0 Å². The number of rotatable bonds is 3. The molecule has 0 aliphatic carbocycles. The van der Waals surface area contributed by atoms with Crippen LogP contribution in [0, 0.1) is 29.2 Å². The first-order valence-corrected chi connectivity index (χ1v) is 7.78. The van der Waals surface area contributed by atoms with E-state index < -0.39 is 44.2 Å². The number of benzene rings is 1. The highest BCUT2D eigenvalue weighted by Crippen LogP contribution is 2.25. The Hall–Kier alpha value is -0.900. The van der Waals surface area contributed by atoms with E-state index in [0.717, 1.165) is 0 Å². The van der Waals surface area contributed by atoms with Crippen molar-refractivity contribution in [2.45, 2.75) is 24.3 Å². The molecule has 0 aromatic heterocycles. The third-order valence-electron chi connectivity index (χ3n) is 3.47. The molecule has 0 spiro atoms. The molecule has 1 heterocycles. The van der Waals surface area contributed by atoms with Gasteiger partial charge in [0.2, 0.25) is 10.0 Å². The molecule has 2 rings (SSSR count). The lowest BCUT2D eigenvalue weighted by molar-refractivity contribution is 0.325. The van der Waals surface area contributed by atoms with Crippen molar-refractivity contribution < 1.29 is 26.0 Å². The number of hydrogen-bond acceptors (Lipinski definition) is 3. The number of nitrogens with one attached hydrogen (secondary N) is 2. The van der Waals surface area contributed by atoms with Crippen molar-refractivity contribution in [2.24, 2.45) is 5.92 Å². The van der Waals surface area contributed by atoms with E-state index in [9.17, 15) is 26.0 Å². The minimum Gasteiger partial charge on any atom is -0.315 e. The Morgan fingerprint density at radius 3 is 2.23 bits per heavy atom. The van der Waals surface area contributed by atoms with Gasteiger partial charge in [0.15, 0.2) is 28.2 Å². The van der Waals surface area contributed by atoms with Gasteiger partial charge in [-0.2, -0.15) is 0 Å². The lowest BCUT2D eigenvalue weighted by atomic mass is 9.96. The molecule has 0 saturated carbocycles. The molecule has 1 aliphatic heterocycles. The second-order valence-electron chi connectivity index (χ2n) is 5.00. The van der Waals surface area contributed by atoms with Gasteiger partial charge in [0.05, 0.1) is 0 Å². The van der Waals surface area contributed by atoms with Gasteiger partial charge in [-0.05, 0) is 18.9 Å². The highest BCUT2D eigenvalue weighted by molar-refractivity contribution is 7.89. The van der Waals surface area contributed by atoms with Gasteiger partial charge in [0.25, 0.3) is 0 Å². The van der Waals surface area contributed by atoms with E-state index in [1.54, 1.807) is 6.92 Å². The average molecular weight is 363 g/mol. The molecular formula is C12H15ClF4N2O2S. The Balaban J connectivity index is 0.00000242. The monoisotopic (exact) mass is 362 g/mol. The van der Waals surface area contributed by atoms with Crippen LogP contribution < -0.4 is 10.0 Å². The maximum atomic E-state index is 13.6. The highest BCUT2D eigenvalue weighted by Gasteiger charge is 2.33. The van der Waals surface area contributed by atoms with E-state index >= 15 is 0 Å². The highest BCUT2D eigenvalue weighted by atomic mass is 35.5. The third-order valence-corrected chi connectivity index (χ3v) is 4.98. The number of halogens is 5. The molecular weight excluding hydrogens is 348 g/mol. The van der Waals surface area contributed by atoms with Crippen LogP contribution in [0.3, 0.4) is 0 Å². The fourth-order valence-corrected chi connectivity index (χ4v) is 3.69. The summed E-state index contributed by atoms with van der Waals surface area (Å²) < 4.78 is 79.6. The predicted molar refractivity (Wildman–Crippen MR) is 74.3 cm³/mol. The van der Waals surface area contributed by atoms with E-state index in [4.69, 9.17) is 0 Å². The maximum absolute atomic E-state index is 13.6. The van der Waals surface area contributed by atoms with E-state index in [2.05, 4.69) is 10.0 Å². The number of piperidine rings is 1. The van der Waals surface area contributed by atoms with Crippen molar-refractivity contribution in [1.82, 2.24) is 10.0 Å². The van der Waals surface area contributed by atoms with E-state index in [-0.39, 0.29) is 30.9 Å². The standard InChI is InChI=1S/C12H14F4N2O2S.ClH/c1-6-2-3-17-5-9(6)18-21(19,20)12-10(15)7(13)4-8(14)11(12)16;/h4,6,9,17-18H,2-3,5H2,1H3;1H. The summed E-state index contributed by atoms with van der Waals surface area (Å²) in [7, 11) is -4.72. The van der Waals surface area contributed by atoms with Crippen molar-refractivity contribution in [1.29, 1.82) is 0 Å². The molecule has 10 heteroatoms. The molecule has 1 aliphatic rings. The second kappa shape index (κ2) is 7.12. The van der Waals surface area contributed by atoms with Gasteiger partial charge in [-0.25, -0.2) is 30.7 Å². The molecule has 2 unspecified atom stereocenters. The Morgan fingerprint density at radius 1 is 1.18 bits per heavy atom. The van der Waals surface area contributed by atoms with Gasteiger partial charge in [-0.3, -0.25) is 0 Å². The SMILES string of the molecule is CC1CCNCC1NS(=O)(=O)c1c(F)c(F)cc(F)c1F.Cl. The molecule has 1 aromatic rings. The second-order valence-corrected chi connectivity index (χ2v) is 6.65. The van der Waals surface area contributed by atoms with Crippen LogP contribution >= 0.6 is 12.4 Å². The summed E-state index contributed by atoms with van der Waals surface area (Å²) >= 11 is 0. The maximum Gasteiger partial charge on any atom is 0.246 e. The smallest absolute Gasteiger partial charge is 0.246 e. The van der Waals surface area contributed by atoms with Crippen LogP contribution in [-0.4, -0.2) is 27.5 Å². The first kappa shape index (κ1) is 19.1. The lowest BCUT2D eigenvalue weighted by Gasteiger charge is -2.30. The summed E-state index contributed by atoms with van der Waals surface area (Å²) in [4.78, 5) is -1.63. The Kier molecular flexibility index (Phi) is 6.19. The van der Waals surface area contributed by atoms with Crippen LogP contribution in [0.15, 0.2) is 11.0 Å². The summed E-state index contributed by atoms with van der Waals surface area (Å²) in [6.45, 7) is 2.73. The van der Waals surface area contributed by atoms with Crippen LogP contribution in [0.5, 0.6) is 0 Å². The molecule has 4 nitrogen and oxygen atoms in total. The summed E-state index contributed by atoms with van der Waals surface area (Å²) in [5.74, 6) is -7.46. The van der Waals surface area contributed by atoms with Gasteiger partial charge in [0.1, 0.15) is 0 Å². The Bertz CT molecular complexity index is 631. The quantitative estimate of drug-likeness (QED) is 0.638. The zero-order valence-corrected chi connectivity index (χ0v) is 13.1. The van der Waals surface area contributed by atoms with E-state index in [1.165, 1.54) is 0 Å². The Labute approximate surface area is 131 Å². The minimum absolute atomic E-state index is 0. The molecule has 0 bridgehead atoms. The fourth-order valence-electron chi connectivity index (χ4n) is 2.19. The van der Waals surface area contributed by atoms with Crippen LogP contribution in [-0.2, 0) is 10.0 Å². The summed E-state index contributed by atoms with van der Waals surface area (Å²) in [6.07, 6.45) is 0.662. The van der Waals surface area contributed by atoms with Crippen LogP contribution in [0.4, 0.5) is 17.6 Å². The first-order valence-electron chi connectivity index (χ1n) is 6.30. The summed E-state index contributed by atoms with van der Waals surface area (Å²) in [6, 6.07) is -0.650. The van der Waals surface area contributed by atoms with Gasteiger partial charge in [-0.1, -0.05) is 6.92 Å². The first-order chi connectivity index (χ1) is 9.74. The third kappa shape index (κ3) is 3.70. The average Bonchev–Trinajstić information content (AvgIpc) is 2.39. The zero-order valence-electron chi connectivity index (χ0n) is 11.5. The topological polar surface area (TPSA) is 58.2 Å². The van der Waals surface area contributed by atoms with Crippen LogP contribution in [0.25, 0.3) is 0 Å². The van der Waals surface area contributed by atoms with Crippen molar-refractivity contribution in [2.75, 3.05) is 13.1 Å². The number of hydrogen-bond donors (Lipinski definition) is 2. The molecule has 1 aromatic carbocycles. The fraction of sp³-hybridized carbons (Fsp3) is 0.500. The van der Waals surface area contributed by atoms with Crippen LogP contribution in [0.2, 0.25) is 0 Å². The molecule has 0 amide bonds. The molecule has 22 heavy (non-hydrogen) atoms. The molecule has 2 N–H and O–H groups in total. The Morgan fingerprint density at radius 2 is 1.73 bits per heavy atom. The van der Waals surface area contributed by atoms with Gasteiger partial charge >= 0.3 is 0 Å². The van der Waals surface area contributed by atoms with Crippen molar-refractivity contribution >= 4 is 22.4 Å². The molecule has 0 radical (unpaired) electrons. The largest absolute Gasteiger partial charge is 0.315 e. The van der Waals surface area contributed by atoms with Crippen molar-refractivity contribution in [3.05, 3.63) is 29.3 Å². The van der Waals surface area contributed by atoms with Crippen molar-refractivity contribution in [3.8, 4) is 0 Å². The van der Waals surface area contributed by atoms with E-state index in [1.807, 2.05) is 0 Å². The number of sulfonamides is 1.